The number of aliphatic carboxylic acids is 1. The third kappa shape index (κ3) is 6.97. The van der Waals surface area contributed by atoms with Gasteiger partial charge in [-0.3, -0.25) is 9.83 Å². The van der Waals surface area contributed by atoms with E-state index in [1.54, 1.807) is 0 Å². The van der Waals surface area contributed by atoms with Crippen molar-refractivity contribution in [3.63, 3.8) is 0 Å². The number of carboxylic acid groups (broad SMARTS) is 1. The van der Waals surface area contributed by atoms with E-state index in [1.165, 1.54) is 0 Å². The van der Waals surface area contributed by atoms with Crippen molar-refractivity contribution in [2.45, 2.75) is 66.6 Å². The highest BCUT2D eigenvalue weighted by atomic mass is 32.2. The maximum atomic E-state index is 12.2. The molecule has 2 saturated heterocycles. The second kappa shape index (κ2) is 12.9. The van der Waals surface area contributed by atoms with Crippen molar-refractivity contribution in [3.05, 3.63) is 0 Å². The third-order valence-corrected chi connectivity index (χ3v) is 7.53. The van der Waals surface area contributed by atoms with Crippen LogP contribution in [0.5, 0.6) is 0 Å². The molecule has 2 heterocycles. The molecule has 10 atom stereocenters. The number of aliphatic hydroxyl groups excluding tert-OH is 2. The Morgan fingerprint density at radius 1 is 1.14 bits per heavy atom. The highest BCUT2D eigenvalue weighted by Crippen LogP contribution is 2.38. The fourth-order valence-electron chi connectivity index (χ4n) is 3.82. The summed E-state index contributed by atoms with van der Waals surface area (Å²) in [5.74, 6) is -2.57. The lowest BCUT2D eigenvalue weighted by Crippen LogP contribution is -2.69. The van der Waals surface area contributed by atoms with Crippen molar-refractivity contribution < 1.29 is 76.2 Å². The normalized spacial score (nSPS) is 38.1. The van der Waals surface area contributed by atoms with Gasteiger partial charge in [0.05, 0.1) is 17.8 Å². The van der Waals surface area contributed by atoms with Crippen LogP contribution >= 0.6 is 12.0 Å². The number of carboxylic acids is 1. The SMILES string of the molecule is CO[C@@H]1OC(CO)[C@H](O)[C@H](O[C@@H]2OC(C(=O)[O-])[C@H](OC)[C@H](SOO[O-])C2S(=O)(=O)[O-])C1NC(C)=O. The maximum Gasteiger partial charge on any atom is 0.217 e. The molecular formula is C16H24NO16S2-3. The molecule has 2 fully saturated rings. The zero-order valence-electron chi connectivity index (χ0n) is 18.4. The van der Waals surface area contributed by atoms with Crippen molar-refractivity contribution in [2.24, 2.45) is 0 Å². The van der Waals surface area contributed by atoms with E-state index in [2.05, 4.69) is 14.7 Å². The van der Waals surface area contributed by atoms with Crippen LogP contribution in [0.4, 0.5) is 0 Å². The van der Waals surface area contributed by atoms with Gasteiger partial charge in [0.2, 0.25) is 5.91 Å². The summed E-state index contributed by atoms with van der Waals surface area (Å²) in [5, 5.41) is 43.7. The molecule has 2 aliphatic rings. The van der Waals surface area contributed by atoms with E-state index >= 15 is 0 Å². The lowest BCUT2D eigenvalue weighted by Gasteiger charge is -2.49. The molecule has 0 saturated carbocycles. The summed E-state index contributed by atoms with van der Waals surface area (Å²) in [6, 6.07) is -1.36. The van der Waals surface area contributed by atoms with Gasteiger partial charge in [0.15, 0.2) is 12.6 Å². The minimum Gasteiger partial charge on any atom is -0.748 e. The molecule has 0 radical (unpaired) electrons. The Morgan fingerprint density at radius 3 is 2.26 bits per heavy atom. The highest BCUT2D eigenvalue weighted by molar-refractivity contribution is 7.96. The smallest absolute Gasteiger partial charge is 0.217 e. The first kappa shape index (κ1) is 30.0. The van der Waals surface area contributed by atoms with Gasteiger partial charge in [-0.15, -0.1) is 0 Å². The van der Waals surface area contributed by atoms with Crippen LogP contribution in [-0.4, -0.2) is 116 Å². The van der Waals surface area contributed by atoms with Crippen LogP contribution in [0, 0.1) is 0 Å². The molecule has 2 aliphatic heterocycles. The Balaban J connectivity index is 2.54. The molecule has 17 nitrogen and oxygen atoms in total. The van der Waals surface area contributed by atoms with Crippen molar-refractivity contribution in [1.82, 2.24) is 5.32 Å². The molecule has 1 amide bonds. The molecule has 35 heavy (non-hydrogen) atoms. The Bertz CT molecular complexity index is 828. The van der Waals surface area contributed by atoms with Gasteiger partial charge in [0, 0.05) is 33.2 Å². The van der Waals surface area contributed by atoms with E-state index in [9.17, 15) is 43.1 Å². The fraction of sp³-hybridized carbons (Fsp3) is 0.875. The Labute approximate surface area is 203 Å². The number of rotatable bonds is 11. The van der Waals surface area contributed by atoms with Crippen LogP contribution in [0.15, 0.2) is 0 Å². The number of methoxy groups -OCH3 is 2. The summed E-state index contributed by atoms with van der Waals surface area (Å²) in [5.41, 5.74) is 0. The van der Waals surface area contributed by atoms with E-state index in [0.717, 1.165) is 21.1 Å². The molecule has 0 aliphatic carbocycles. The first-order chi connectivity index (χ1) is 16.4. The molecule has 2 rings (SSSR count). The molecule has 0 spiro atoms. The van der Waals surface area contributed by atoms with E-state index in [0.29, 0.717) is 0 Å². The van der Waals surface area contributed by atoms with Crippen LogP contribution in [-0.2, 0) is 52.8 Å². The predicted molar refractivity (Wildman–Crippen MR) is 103 cm³/mol. The van der Waals surface area contributed by atoms with E-state index in [-0.39, 0.29) is 12.0 Å². The van der Waals surface area contributed by atoms with Crippen LogP contribution < -0.4 is 15.7 Å². The highest BCUT2D eigenvalue weighted by Gasteiger charge is 2.55. The van der Waals surface area contributed by atoms with Gasteiger partial charge >= 0.3 is 0 Å². The number of amides is 1. The summed E-state index contributed by atoms with van der Waals surface area (Å²) < 4.78 is 66.9. The quantitative estimate of drug-likeness (QED) is 0.0936. The standard InChI is InChI=1S/C16H27NO16S2/c1-5(19)17-7-9(8(20)6(4-18)29-15(7)28-3)30-16-13(35(24,25)26)12(34-33-32-23)10(27-2)11(31-16)14(21)22/h6-13,15-16,18,20,23H,4H2,1-3H3,(H,17,19)(H,21,22)(H,24,25,26)/p-3/t6?,7?,8-,9+,10-,11?,12-,13?,15+,16+/m0/s1. The van der Waals surface area contributed by atoms with Gasteiger partial charge in [-0.2, -0.15) is 4.33 Å². The molecule has 0 aromatic carbocycles. The molecule has 4 unspecified atom stereocenters. The van der Waals surface area contributed by atoms with Gasteiger partial charge < -0.3 is 58.9 Å². The number of aliphatic hydroxyl groups is 2. The molecule has 0 bridgehead atoms. The second-order valence-corrected chi connectivity index (χ2v) is 9.78. The van der Waals surface area contributed by atoms with Gasteiger partial charge in [0.1, 0.15) is 51.9 Å². The average Bonchev–Trinajstić information content (AvgIpc) is 2.78. The van der Waals surface area contributed by atoms with Gasteiger partial charge in [0.25, 0.3) is 0 Å². The average molecular weight is 550 g/mol. The maximum absolute atomic E-state index is 12.2. The van der Waals surface area contributed by atoms with Crippen molar-refractivity contribution in [1.29, 1.82) is 0 Å². The van der Waals surface area contributed by atoms with Crippen molar-refractivity contribution in [3.8, 4) is 0 Å². The molecule has 3 N–H and O–H groups in total. The zero-order chi connectivity index (χ0) is 26.5. The number of hydrogen-bond acceptors (Lipinski definition) is 17. The summed E-state index contributed by atoms with van der Waals surface area (Å²) in [6.07, 6.45) is -12.2. The third-order valence-electron chi connectivity index (χ3n) is 5.26. The van der Waals surface area contributed by atoms with Crippen LogP contribution in [0.25, 0.3) is 0 Å². The Kier molecular flexibility index (Phi) is 11.0. The largest absolute Gasteiger partial charge is 0.748 e. The molecule has 0 aromatic rings. The Morgan fingerprint density at radius 2 is 1.80 bits per heavy atom. The minimum absolute atomic E-state index is 0.0373. The first-order valence-electron chi connectivity index (χ1n) is 9.76. The number of nitrogens with one attached hydrogen (secondary N) is 1. The predicted octanol–water partition coefficient (Wildman–Crippen LogP) is -5.76. The summed E-state index contributed by atoms with van der Waals surface area (Å²) in [7, 11) is -3.30. The molecular weight excluding hydrogens is 526 g/mol. The minimum atomic E-state index is -5.43. The fourth-order valence-corrected chi connectivity index (χ4v) is 5.97. The van der Waals surface area contributed by atoms with Gasteiger partial charge in [-0.05, 0) is 0 Å². The van der Waals surface area contributed by atoms with Crippen molar-refractivity contribution in [2.75, 3.05) is 20.8 Å². The van der Waals surface area contributed by atoms with Crippen LogP contribution in [0.1, 0.15) is 6.92 Å². The van der Waals surface area contributed by atoms with Crippen LogP contribution in [0.3, 0.4) is 0 Å². The summed E-state index contributed by atoms with van der Waals surface area (Å²) in [4.78, 5) is 23.4. The molecule has 204 valence electrons. The lowest BCUT2D eigenvalue weighted by atomic mass is 9.96. The topological polar surface area (TPSA) is 255 Å². The van der Waals surface area contributed by atoms with Gasteiger partial charge in [-0.25, -0.2) is 8.42 Å². The summed E-state index contributed by atoms with van der Waals surface area (Å²) >= 11 is -0.0373. The van der Waals surface area contributed by atoms with E-state index < -0.39 is 88.2 Å². The number of carbonyl (C=O) groups is 2. The number of ether oxygens (including phenoxy) is 5. The van der Waals surface area contributed by atoms with E-state index in [1.807, 2.05) is 0 Å². The molecule has 0 aromatic heterocycles. The van der Waals surface area contributed by atoms with Gasteiger partial charge in [-0.1, -0.05) is 0 Å². The number of hydrogen-bond donors (Lipinski definition) is 3. The van der Waals surface area contributed by atoms with Crippen molar-refractivity contribution >= 4 is 34.0 Å². The Hall–Kier alpha value is -1.20. The first-order valence-corrected chi connectivity index (χ1v) is 12.0. The summed E-state index contributed by atoms with van der Waals surface area (Å²) in [6.45, 7) is 0.321. The van der Waals surface area contributed by atoms with E-state index in [4.69, 9.17) is 23.7 Å². The lowest BCUT2D eigenvalue weighted by molar-refractivity contribution is -0.777. The zero-order valence-corrected chi connectivity index (χ0v) is 20.0. The molecule has 19 heteroatoms. The number of carbonyl (C=O) groups excluding carboxylic acids is 2. The van der Waals surface area contributed by atoms with Crippen LogP contribution in [0.2, 0.25) is 0 Å². The second-order valence-electron chi connectivity index (χ2n) is 7.38. The monoisotopic (exact) mass is 550 g/mol.